The number of rotatable bonds is 6. The van der Waals surface area contributed by atoms with E-state index in [9.17, 15) is 14.7 Å². The van der Waals surface area contributed by atoms with Crippen LogP contribution in [-0.4, -0.2) is 23.2 Å². The van der Waals surface area contributed by atoms with Crippen molar-refractivity contribution >= 4 is 12.1 Å². The molecule has 0 saturated heterocycles. The summed E-state index contributed by atoms with van der Waals surface area (Å²) < 4.78 is 5.08. The van der Waals surface area contributed by atoms with Crippen LogP contribution in [-0.2, 0) is 22.6 Å². The molecule has 0 unspecified atom stereocenters. The molecule has 0 aliphatic carbocycles. The first-order chi connectivity index (χ1) is 11.5. The third-order valence-corrected chi connectivity index (χ3v) is 3.73. The number of carbonyl (C=O) groups excluding carboxylic acids is 1. The van der Waals surface area contributed by atoms with Crippen molar-refractivity contribution in [3.63, 3.8) is 0 Å². The van der Waals surface area contributed by atoms with E-state index in [4.69, 9.17) is 4.74 Å². The van der Waals surface area contributed by atoms with Crippen LogP contribution in [0.25, 0.3) is 0 Å². The molecule has 0 aliphatic rings. The van der Waals surface area contributed by atoms with Gasteiger partial charge >= 0.3 is 12.1 Å². The number of nitrogens with one attached hydrogen (secondary N) is 1. The van der Waals surface area contributed by atoms with Crippen LogP contribution in [0.5, 0.6) is 0 Å². The fourth-order valence-corrected chi connectivity index (χ4v) is 2.40. The number of carboxylic acids is 1. The number of amides is 1. The molecule has 0 heterocycles. The summed E-state index contributed by atoms with van der Waals surface area (Å²) >= 11 is 0. The van der Waals surface area contributed by atoms with Gasteiger partial charge in [-0.25, -0.2) is 9.59 Å². The molecule has 2 aromatic rings. The average Bonchev–Trinajstić information content (AvgIpc) is 2.55. The zero-order valence-electron chi connectivity index (χ0n) is 13.8. The van der Waals surface area contributed by atoms with Gasteiger partial charge in [-0.15, -0.1) is 0 Å². The van der Waals surface area contributed by atoms with Gasteiger partial charge in [-0.3, -0.25) is 0 Å². The highest BCUT2D eigenvalue weighted by atomic mass is 16.5. The Morgan fingerprint density at radius 2 is 1.83 bits per heavy atom. The third kappa shape index (κ3) is 5.12. The molecule has 0 aliphatic heterocycles. The summed E-state index contributed by atoms with van der Waals surface area (Å²) in [5.74, 6) is -1.09. The lowest BCUT2D eigenvalue weighted by molar-refractivity contribution is -0.139. The molecule has 5 heteroatoms. The van der Waals surface area contributed by atoms with E-state index in [2.05, 4.69) is 5.32 Å². The quantitative estimate of drug-likeness (QED) is 0.854. The van der Waals surface area contributed by atoms with E-state index in [1.54, 1.807) is 0 Å². The number of benzene rings is 2. The number of ether oxygens (including phenoxy) is 1. The summed E-state index contributed by atoms with van der Waals surface area (Å²) in [5.41, 5.74) is 3.84. The van der Waals surface area contributed by atoms with Crippen LogP contribution in [0, 0.1) is 13.8 Å². The van der Waals surface area contributed by atoms with Gasteiger partial charge in [-0.1, -0.05) is 54.1 Å². The number of aliphatic carboxylic acids is 1. The fourth-order valence-electron chi connectivity index (χ4n) is 2.40. The molecular formula is C19H21NO4. The number of hydrogen-bond donors (Lipinski definition) is 2. The Kier molecular flexibility index (Phi) is 5.95. The standard InChI is InChI=1S/C19H21NO4/c1-13-8-9-16(14(2)10-13)11-17(18(21)22)20-19(23)24-12-15-6-4-3-5-7-15/h3-10,17H,11-12H2,1-2H3,(H,20,23)(H,21,22)/t17-/m1/s1. The first-order valence-electron chi connectivity index (χ1n) is 7.72. The van der Waals surface area contributed by atoms with Gasteiger partial charge in [0.1, 0.15) is 12.6 Å². The van der Waals surface area contributed by atoms with E-state index in [0.29, 0.717) is 0 Å². The Morgan fingerprint density at radius 3 is 2.46 bits per heavy atom. The lowest BCUT2D eigenvalue weighted by atomic mass is 9.99. The fraction of sp³-hybridized carbons (Fsp3) is 0.263. The highest BCUT2D eigenvalue weighted by molar-refractivity contribution is 5.80. The van der Waals surface area contributed by atoms with Crippen LogP contribution < -0.4 is 5.32 Å². The summed E-state index contributed by atoms with van der Waals surface area (Å²) in [5, 5.41) is 11.8. The summed E-state index contributed by atoms with van der Waals surface area (Å²) in [6, 6.07) is 14.0. The van der Waals surface area contributed by atoms with Gasteiger partial charge in [0.15, 0.2) is 0 Å². The van der Waals surface area contributed by atoms with Gasteiger partial charge < -0.3 is 15.2 Å². The van der Waals surface area contributed by atoms with Crippen LogP contribution in [0.2, 0.25) is 0 Å². The minimum Gasteiger partial charge on any atom is -0.480 e. The summed E-state index contributed by atoms with van der Waals surface area (Å²) in [6.45, 7) is 4.00. The molecule has 5 nitrogen and oxygen atoms in total. The van der Waals surface area contributed by atoms with Gasteiger partial charge in [0.2, 0.25) is 0 Å². The molecule has 1 amide bonds. The smallest absolute Gasteiger partial charge is 0.408 e. The van der Waals surface area contributed by atoms with Crippen molar-refractivity contribution in [1.82, 2.24) is 5.32 Å². The van der Waals surface area contributed by atoms with Crippen molar-refractivity contribution in [1.29, 1.82) is 0 Å². The Bertz CT molecular complexity index is 713. The monoisotopic (exact) mass is 327 g/mol. The number of carbonyl (C=O) groups is 2. The molecule has 1 atom stereocenters. The largest absolute Gasteiger partial charge is 0.480 e. The van der Waals surface area contributed by atoms with E-state index >= 15 is 0 Å². The van der Waals surface area contributed by atoms with Crippen molar-refractivity contribution in [3.05, 3.63) is 70.8 Å². The van der Waals surface area contributed by atoms with E-state index in [-0.39, 0.29) is 13.0 Å². The van der Waals surface area contributed by atoms with Crippen LogP contribution in [0.15, 0.2) is 48.5 Å². The van der Waals surface area contributed by atoms with Crippen LogP contribution in [0.4, 0.5) is 4.79 Å². The van der Waals surface area contributed by atoms with Crippen molar-refractivity contribution in [2.24, 2.45) is 0 Å². The number of aryl methyl sites for hydroxylation is 2. The van der Waals surface area contributed by atoms with Gasteiger partial charge in [0.05, 0.1) is 0 Å². The Morgan fingerprint density at radius 1 is 1.12 bits per heavy atom. The Labute approximate surface area is 141 Å². The third-order valence-electron chi connectivity index (χ3n) is 3.73. The minimum absolute atomic E-state index is 0.0998. The highest BCUT2D eigenvalue weighted by Gasteiger charge is 2.22. The lowest BCUT2D eigenvalue weighted by Crippen LogP contribution is -2.42. The van der Waals surface area contributed by atoms with Crippen LogP contribution >= 0.6 is 0 Å². The van der Waals surface area contributed by atoms with Gasteiger partial charge in [0.25, 0.3) is 0 Å². The van der Waals surface area contributed by atoms with Crippen molar-refractivity contribution < 1.29 is 19.4 Å². The molecule has 0 spiro atoms. The summed E-state index contributed by atoms with van der Waals surface area (Å²) in [6.07, 6.45) is -0.530. The molecule has 0 radical (unpaired) electrons. The number of carboxylic acid groups (broad SMARTS) is 1. The maximum atomic E-state index is 11.9. The van der Waals surface area contributed by atoms with E-state index < -0.39 is 18.1 Å². The maximum absolute atomic E-state index is 11.9. The maximum Gasteiger partial charge on any atom is 0.408 e. The second-order valence-electron chi connectivity index (χ2n) is 5.73. The predicted molar refractivity (Wildman–Crippen MR) is 90.8 cm³/mol. The molecule has 0 fully saturated rings. The first kappa shape index (κ1) is 17.5. The summed E-state index contributed by atoms with van der Waals surface area (Å²) in [7, 11) is 0. The molecule has 2 rings (SSSR count). The lowest BCUT2D eigenvalue weighted by Gasteiger charge is -2.16. The molecule has 2 aromatic carbocycles. The van der Waals surface area contributed by atoms with Crippen molar-refractivity contribution in [3.8, 4) is 0 Å². The van der Waals surface area contributed by atoms with Gasteiger partial charge in [-0.2, -0.15) is 0 Å². The zero-order valence-corrected chi connectivity index (χ0v) is 13.8. The number of alkyl carbamates (subject to hydrolysis) is 1. The van der Waals surface area contributed by atoms with E-state index in [1.165, 1.54) is 0 Å². The first-order valence-corrected chi connectivity index (χ1v) is 7.72. The molecular weight excluding hydrogens is 306 g/mol. The molecule has 0 saturated carbocycles. The van der Waals surface area contributed by atoms with Gasteiger partial charge in [0, 0.05) is 6.42 Å². The number of hydrogen-bond acceptors (Lipinski definition) is 3. The van der Waals surface area contributed by atoms with Gasteiger partial charge in [-0.05, 0) is 30.5 Å². The highest BCUT2D eigenvalue weighted by Crippen LogP contribution is 2.13. The summed E-state index contributed by atoms with van der Waals surface area (Å²) in [4.78, 5) is 23.3. The molecule has 0 aromatic heterocycles. The molecule has 126 valence electrons. The second-order valence-corrected chi connectivity index (χ2v) is 5.73. The normalized spacial score (nSPS) is 11.6. The zero-order chi connectivity index (χ0) is 17.5. The van der Waals surface area contributed by atoms with Crippen LogP contribution in [0.1, 0.15) is 22.3 Å². The molecule has 24 heavy (non-hydrogen) atoms. The topological polar surface area (TPSA) is 75.6 Å². The Hall–Kier alpha value is -2.82. The molecule has 2 N–H and O–H groups in total. The second kappa shape index (κ2) is 8.15. The average molecular weight is 327 g/mol. The minimum atomic E-state index is -1.09. The predicted octanol–water partition coefficient (Wildman–Crippen LogP) is 3.23. The van der Waals surface area contributed by atoms with E-state index in [1.807, 2.05) is 62.4 Å². The Balaban J connectivity index is 1.95. The van der Waals surface area contributed by atoms with Crippen molar-refractivity contribution in [2.45, 2.75) is 32.9 Å². The SMILES string of the molecule is Cc1ccc(C[C@@H](NC(=O)OCc2ccccc2)C(=O)O)c(C)c1. The molecule has 0 bridgehead atoms. The van der Waals surface area contributed by atoms with E-state index in [0.717, 1.165) is 22.3 Å². The van der Waals surface area contributed by atoms with Crippen molar-refractivity contribution in [2.75, 3.05) is 0 Å². The van der Waals surface area contributed by atoms with Crippen LogP contribution in [0.3, 0.4) is 0 Å².